The summed E-state index contributed by atoms with van der Waals surface area (Å²) in [5.74, 6) is -0.852. The van der Waals surface area contributed by atoms with E-state index in [4.69, 9.17) is 28.4 Å². The van der Waals surface area contributed by atoms with Crippen molar-refractivity contribution in [2.24, 2.45) is 0 Å². The molecule has 5 fully saturated rings. The highest BCUT2D eigenvalue weighted by Crippen LogP contribution is 2.48. The van der Waals surface area contributed by atoms with Crippen molar-refractivity contribution in [3.8, 4) is 0 Å². The van der Waals surface area contributed by atoms with Gasteiger partial charge in [-0.3, -0.25) is 0 Å². The van der Waals surface area contributed by atoms with Crippen LogP contribution in [0.2, 0.25) is 0 Å². The highest BCUT2D eigenvalue weighted by atomic mass is 16.9. The van der Waals surface area contributed by atoms with E-state index in [1.165, 1.54) is 25.7 Å². The van der Waals surface area contributed by atoms with Gasteiger partial charge in [0.2, 0.25) is 0 Å². The molecule has 3 heterocycles. The number of fused-ring (bicyclic) bond motifs is 1. The maximum absolute atomic E-state index is 6.48. The normalized spacial score (nSPS) is 42.8. The Hall–Kier alpha value is -0.240. The first-order chi connectivity index (χ1) is 13.2. The van der Waals surface area contributed by atoms with E-state index in [0.29, 0.717) is 13.2 Å². The minimum atomic E-state index is -0.454. The lowest BCUT2D eigenvalue weighted by Crippen LogP contribution is -2.46. The van der Waals surface area contributed by atoms with Gasteiger partial charge in [0.25, 0.3) is 0 Å². The first kappa shape index (κ1) is 18.8. The highest BCUT2D eigenvalue weighted by Gasteiger charge is 2.61. The molecule has 2 saturated carbocycles. The molecule has 3 aliphatic heterocycles. The smallest absolute Gasteiger partial charge is 0.190 e. The Morgan fingerprint density at radius 2 is 1.52 bits per heavy atom. The quantitative estimate of drug-likeness (QED) is 0.740. The molecule has 2 aliphatic carbocycles. The predicted octanol–water partition coefficient (Wildman–Crippen LogP) is 3.66. The fourth-order valence-electron chi connectivity index (χ4n) is 5.52. The molecule has 6 nitrogen and oxygen atoms in total. The third-order valence-corrected chi connectivity index (χ3v) is 6.88. The van der Waals surface area contributed by atoms with Crippen molar-refractivity contribution >= 4 is 0 Å². The summed E-state index contributed by atoms with van der Waals surface area (Å²) < 4.78 is 38.0. The Morgan fingerprint density at radius 1 is 0.815 bits per heavy atom. The summed E-state index contributed by atoms with van der Waals surface area (Å²) in [4.78, 5) is 0. The van der Waals surface area contributed by atoms with Gasteiger partial charge in [0, 0.05) is 32.3 Å². The lowest BCUT2D eigenvalue weighted by Gasteiger charge is -2.35. The van der Waals surface area contributed by atoms with Crippen molar-refractivity contribution in [3.63, 3.8) is 0 Å². The molecule has 0 amide bonds. The number of rotatable bonds is 4. The molecule has 0 N–H and O–H groups in total. The average molecular weight is 382 g/mol. The molecule has 5 rings (SSSR count). The van der Waals surface area contributed by atoms with Crippen molar-refractivity contribution in [1.29, 1.82) is 0 Å². The van der Waals surface area contributed by atoms with Crippen molar-refractivity contribution in [2.45, 2.75) is 120 Å². The van der Waals surface area contributed by atoms with Crippen LogP contribution in [0.3, 0.4) is 0 Å². The van der Waals surface area contributed by atoms with Gasteiger partial charge in [0.15, 0.2) is 17.9 Å². The lowest BCUT2D eigenvalue weighted by atomic mass is 9.94. The van der Waals surface area contributed by atoms with E-state index in [1.54, 1.807) is 0 Å². The molecule has 0 unspecified atom stereocenters. The second-order valence-electron chi connectivity index (χ2n) is 8.91. The van der Waals surface area contributed by atoms with Crippen LogP contribution in [0, 0.1) is 0 Å². The maximum Gasteiger partial charge on any atom is 0.190 e. The van der Waals surface area contributed by atoms with E-state index in [1.807, 2.05) is 0 Å². The standard InChI is InChI=1S/C21H34O6/c1-2-13-22-17-16(15-14-23-20(25-15)9-5-3-6-10-20)24-19-18(17)26-21(27-19)11-7-4-8-12-21/h15-19H,2-14H2,1H3/t15-,16-,17+,18-,19-/m1/s1. The summed E-state index contributed by atoms with van der Waals surface area (Å²) in [6.07, 6.45) is 11.1. The number of hydrogen-bond acceptors (Lipinski definition) is 6. The van der Waals surface area contributed by atoms with Gasteiger partial charge in [-0.25, -0.2) is 0 Å². The summed E-state index contributed by atoms with van der Waals surface area (Å²) in [5, 5.41) is 0. The minimum absolute atomic E-state index is 0.106. The van der Waals surface area contributed by atoms with E-state index in [0.717, 1.165) is 44.9 Å². The predicted molar refractivity (Wildman–Crippen MR) is 97.1 cm³/mol. The lowest BCUT2D eigenvalue weighted by molar-refractivity contribution is -0.262. The van der Waals surface area contributed by atoms with E-state index in [9.17, 15) is 0 Å². The van der Waals surface area contributed by atoms with Gasteiger partial charge in [-0.1, -0.05) is 19.8 Å². The number of hydrogen-bond donors (Lipinski definition) is 0. The topological polar surface area (TPSA) is 55.4 Å². The molecule has 27 heavy (non-hydrogen) atoms. The number of ether oxygens (including phenoxy) is 6. The molecule has 0 radical (unpaired) electrons. The maximum atomic E-state index is 6.48. The van der Waals surface area contributed by atoms with Crippen molar-refractivity contribution in [3.05, 3.63) is 0 Å². The Labute approximate surface area is 162 Å². The van der Waals surface area contributed by atoms with Crippen molar-refractivity contribution in [2.75, 3.05) is 13.2 Å². The van der Waals surface area contributed by atoms with Gasteiger partial charge < -0.3 is 28.4 Å². The zero-order valence-electron chi connectivity index (χ0n) is 16.5. The summed E-state index contributed by atoms with van der Waals surface area (Å²) in [7, 11) is 0. The molecule has 0 aromatic carbocycles. The van der Waals surface area contributed by atoms with Gasteiger partial charge in [-0.05, 0) is 32.1 Å². The molecule has 6 heteroatoms. The van der Waals surface area contributed by atoms with Gasteiger partial charge in [0.05, 0.1) is 6.61 Å². The Balaban J connectivity index is 1.29. The third-order valence-electron chi connectivity index (χ3n) is 6.88. The average Bonchev–Trinajstić information content (AvgIpc) is 3.33. The minimum Gasteiger partial charge on any atom is -0.372 e. The molecule has 154 valence electrons. The summed E-state index contributed by atoms with van der Waals surface area (Å²) >= 11 is 0. The highest BCUT2D eigenvalue weighted by molar-refractivity contribution is 5.01. The Kier molecular flexibility index (Phi) is 5.24. The molecule has 5 atom stereocenters. The fourth-order valence-corrected chi connectivity index (χ4v) is 5.52. The second kappa shape index (κ2) is 7.54. The SMILES string of the molecule is CCCO[C@@H]1[C@H]2OC3(CCCCC3)O[C@H]2O[C@@H]1[C@H]1COC2(CCCCC2)O1. The summed E-state index contributed by atoms with van der Waals surface area (Å²) in [6, 6.07) is 0. The van der Waals surface area contributed by atoms with Crippen LogP contribution in [-0.4, -0.2) is 55.5 Å². The van der Waals surface area contributed by atoms with Crippen LogP contribution in [0.15, 0.2) is 0 Å². The van der Waals surface area contributed by atoms with E-state index >= 15 is 0 Å². The first-order valence-corrected chi connectivity index (χ1v) is 11.2. The fraction of sp³-hybridized carbons (Fsp3) is 1.00. The van der Waals surface area contributed by atoms with Crippen LogP contribution in [0.5, 0.6) is 0 Å². The molecule has 2 spiro atoms. The van der Waals surface area contributed by atoms with Crippen LogP contribution >= 0.6 is 0 Å². The first-order valence-electron chi connectivity index (χ1n) is 11.2. The monoisotopic (exact) mass is 382 g/mol. The van der Waals surface area contributed by atoms with E-state index in [2.05, 4.69) is 6.92 Å². The summed E-state index contributed by atoms with van der Waals surface area (Å²) in [6.45, 7) is 3.40. The molecule has 0 bridgehead atoms. The zero-order valence-corrected chi connectivity index (χ0v) is 16.5. The van der Waals surface area contributed by atoms with Gasteiger partial charge in [0.1, 0.15) is 24.4 Å². The Morgan fingerprint density at radius 3 is 2.22 bits per heavy atom. The Bertz CT molecular complexity index is 513. The van der Waals surface area contributed by atoms with E-state index in [-0.39, 0.29) is 30.7 Å². The van der Waals surface area contributed by atoms with Crippen molar-refractivity contribution in [1.82, 2.24) is 0 Å². The third kappa shape index (κ3) is 3.47. The van der Waals surface area contributed by atoms with E-state index < -0.39 is 11.6 Å². The summed E-state index contributed by atoms with van der Waals surface area (Å²) in [5.41, 5.74) is 0. The second-order valence-corrected chi connectivity index (χ2v) is 8.91. The van der Waals surface area contributed by atoms with Crippen LogP contribution in [0.25, 0.3) is 0 Å². The van der Waals surface area contributed by atoms with Gasteiger partial charge in [-0.15, -0.1) is 0 Å². The zero-order chi connectivity index (χ0) is 18.3. The van der Waals surface area contributed by atoms with Gasteiger partial charge >= 0.3 is 0 Å². The van der Waals surface area contributed by atoms with Crippen molar-refractivity contribution < 1.29 is 28.4 Å². The molecule has 0 aromatic rings. The molecule has 3 saturated heterocycles. The largest absolute Gasteiger partial charge is 0.372 e. The van der Waals surface area contributed by atoms with Gasteiger partial charge in [-0.2, -0.15) is 0 Å². The van der Waals surface area contributed by atoms with Crippen LogP contribution in [0.4, 0.5) is 0 Å². The molecular weight excluding hydrogens is 348 g/mol. The van der Waals surface area contributed by atoms with Crippen LogP contribution < -0.4 is 0 Å². The molecule has 5 aliphatic rings. The van der Waals surface area contributed by atoms with Crippen LogP contribution in [0.1, 0.15) is 77.6 Å². The molecular formula is C21H34O6. The van der Waals surface area contributed by atoms with Crippen LogP contribution in [-0.2, 0) is 28.4 Å². The molecule has 0 aromatic heterocycles.